The van der Waals surface area contributed by atoms with Gasteiger partial charge in [0.15, 0.2) is 0 Å². The highest BCUT2D eigenvalue weighted by molar-refractivity contribution is 6.31. The monoisotopic (exact) mass is 475 g/mol. The first-order valence-corrected chi connectivity index (χ1v) is 11.7. The highest BCUT2D eigenvalue weighted by atomic mass is 35.5. The summed E-state index contributed by atoms with van der Waals surface area (Å²) in [6, 6.07) is 23.2. The van der Waals surface area contributed by atoms with Crippen molar-refractivity contribution >= 4 is 45.7 Å². The first-order valence-electron chi connectivity index (χ1n) is 11.0. The predicted octanol–water partition coefficient (Wildman–Crippen LogP) is 6.48. The van der Waals surface area contributed by atoms with Crippen LogP contribution in [0.4, 0.5) is 5.69 Å². The molecule has 166 valence electrons. The molecule has 1 aromatic heterocycles. The molecule has 2 heterocycles. The Morgan fingerprint density at radius 2 is 1.55 bits per heavy atom. The molecule has 0 N–H and O–H groups in total. The topological polar surface area (TPSA) is 36.4 Å². The molecule has 1 aliphatic heterocycles. The van der Waals surface area contributed by atoms with Crippen LogP contribution in [0.25, 0.3) is 22.2 Å². The van der Waals surface area contributed by atoms with E-state index in [0.717, 1.165) is 46.0 Å². The van der Waals surface area contributed by atoms with Gasteiger partial charge in [-0.15, -0.1) is 0 Å². The minimum absolute atomic E-state index is 0.0336. The highest BCUT2D eigenvalue weighted by Crippen LogP contribution is 2.29. The SMILES string of the molecule is Cc1ccc(Cl)cc1N1CCN(C(=O)c2cc(-c3ccc(Cl)cc3)nc3ccccc23)CC1. The van der Waals surface area contributed by atoms with Gasteiger partial charge in [-0.05, 0) is 48.9 Å². The van der Waals surface area contributed by atoms with Gasteiger partial charge in [-0.2, -0.15) is 0 Å². The van der Waals surface area contributed by atoms with E-state index in [1.807, 2.05) is 77.7 Å². The van der Waals surface area contributed by atoms with Gasteiger partial charge in [0.2, 0.25) is 0 Å². The number of anilines is 1. The second-order valence-corrected chi connectivity index (χ2v) is 9.16. The number of halogens is 2. The molecule has 0 spiro atoms. The third-order valence-corrected chi connectivity index (χ3v) is 6.65. The number of benzene rings is 3. The fraction of sp³-hybridized carbons (Fsp3) is 0.185. The molecule has 33 heavy (non-hydrogen) atoms. The van der Waals surface area contributed by atoms with Crippen LogP contribution in [0.15, 0.2) is 72.8 Å². The molecule has 5 rings (SSSR count). The minimum Gasteiger partial charge on any atom is -0.368 e. The van der Waals surface area contributed by atoms with E-state index in [9.17, 15) is 4.79 Å². The summed E-state index contributed by atoms with van der Waals surface area (Å²) in [6.45, 7) is 4.92. The van der Waals surface area contributed by atoms with Gasteiger partial charge in [0.05, 0.1) is 16.8 Å². The molecule has 0 unspecified atom stereocenters. The van der Waals surface area contributed by atoms with E-state index in [0.29, 0.717) is 23.7 Å². The Bertz CT molecular complexity index is 1330. The maximum Gasteiger partial charge on any atom is 0.254 e. The number of para-hydroxylation sites is 1. The van der Waals surface area contributed by atoms with E-state index >= 15 is 0 Å². The lowest BCUT2D eigenvalue weighted by Gasteiger charge is -2.37. The fourth-order valence-corrected chi connectivity index (χ4v) is 4.66. The van der Waals surface area contributed by atoms with Crippen LogP contribution in [0.1, 0.15) is 15.9 Å². The molecule has 1 saturated heterocycles. The molecule has 0 radical (unpaired) electrons. The number of hydrogen-bond donors (Lipinski definition) is 0. The van der Waals surface area contributed by atoms with Crippen LogP contribution in [0.5, 0.6) is 0 Å². The zero-order chi connectivity index (χ0) is 22.9. The van der Waals surface area contributed by atoms with Crippen molar-refractivity contribution in [3.8, 4) is 11.3 Å². The van der Waals surface area contributed by atoms with E-state index in [-0.39, 0.29) is 5.91 Å². The third-order valence-electron chi connectivity index (χ3n) is 6.17. The number of aromatic nitrogens is 1. The Balaban J connectivity index is 1.44. The highest BCUT2D eigenvalue weighted by Gasteiger charge is 2.25. The summed E-state index contributed by atoms with van der Waals surface area (Å²) in [5.74, 6) is 0.0336. The number of carbonyl (C=O) groups excluding carboxylic acids is 1. The summed E-state index contributed by atoms with van der Waals surface area (Å²) >= 11 is 12.3. The van der Waals surface area contributed by atoms with Crippen LogP contribution in [-0.4, -0.2) is 42.0 Å². The van der Waals surface area contributed by atoms with Gasteiger partial charge in [-0.1, -0.05) is 59.6 Å². The third kappa shape index (κ3) is 4.41. The smallest absolute Gasteiger partial charge is 0.254 e. The standard InChI is InChI=1S/C27H23Cl2N3O/c1-18-6-9-21(29)16-26(18)31-12-14-32(15-13-31)27(33)23-17-25(19-7-10-20(28)11-8-19)30-24-5-3-2-4-22(23)24/h2-11,16-17H,12-15H2,1H3. The maximum absolute atomic E-state index is 13.7. The molecule has 6 heteroatoms. The lowest BCUT2D eigenvalue weighted by molar-refractivity contribution is 0.0748. The van der Waals surface area contributed by atoms with Gasteiger partial charge < -0.3 is 9.80 Å². The molecule has 0 saturated carbocycles. The van der Waals surface area contributed by atoms with Gasteiger partial charge in [-0.3, -0.25) is 4.79 Å². The molecule has 4 aromatic rings. The number of aryl methyl sites for hydroxylation is 1. The second kappa shape index (κ2) is 9.05. The van der Waals surface area contributed by atoms with Crippen LogP contribution in [0, 0.1) is 6.92 Å². The van der Waals surface area contributed by atoms with Gasteiger partial charge in [0.1, 0.15) is 0 Å². The summed E-state index contributed by atoms with van der Waals surface area (Å²) in [5.41, 5.74) is 5.50. The van der Waals surface area contributed by atoms with Crippen molar-refractivity contribution in [1.82, 2.24) is 9.88 Å². The Kier molecular flexibility index (Phi) is 5.96. The molecule has 0 bridgehead atoms. The molecule has 0 aliphatic carbocycles. The first kappa shape index (κ1) is 21.7. The zero-order valence-electron chi connectivity index (χ0n) is 18.3. The molecule has 4 nitrogen and oxygen atoms in total. The summed E-state index contributed by atoms with van der Waals surface area (Å²) < 4.78 is 0. The average Bonchev–Trinajstić information content (AvgIpc) is 2.85. The zero-order valence-corrected chi connectivity index (χ0v) is 19.8. The number of pyridine rings is 1. The van der Waals surface area contributed by atoms with E-state index in [4.69, 9.17) is 28.2 Å². The number of carbonyl (C=O) groups is 1. The summed E-state index contributed by atoms with van der Waals surface area (Å²) in [6.07, 6.45) is 0. The van der Waals surface area contributed by atoms with Gasteiger partial charge in [-0.25, -0.2) is 4.98 Å². The maximum atomic E-state index is 13.7. The molecular weight excluding hydrogens is 453 g/mol. The predicted molar refractivity (Wildman–Crippen MR) is 136 cm³/mol. The number of hydrogen-bond acceptors (Lipinski definition) is 3. The van der Waals surface area contributed by atoms with E-state index in [1.165, 1.54) is 5.56 Å². The Morgan fingerprint density at radius 1 is 0.848 bits per heavy atom. The number of amides is 1. The van der Waals surface area contributed by atoms with Crippen LogP contribution in [0.3, 0.4) is 0 Å². The number of rotatable bonds is 3. The summed E-state index contributed by atoms with van der Waals surface area (Å²) in [4.78, 5) is 22.7. The van der Waals surface area contributed by atoms with Crippen molar-refractivity contribution in [2.75, 3.05) is 31.1 Å². The molecule has 1 amide bonds. The number of fused-ring (bicyclic) bond motifs is 1. The molecule has 1 aliphatic rings. The Hall–Kier alpha value is -3.08. The Labute approximate surface area is 203 Å². The van der Waals surface area contributed by atoms with Crippen molar-refractivity contribution < 1.29 is 4.79 Å². The van der Waals surface area contributed by atoms with Crippen molar-refractivity contribution in [2.24, 2.45) is 0 Å². The van der Waals surface area contributed by atoms with E-state index in [1.54, 1.807) is 0 Å². The van der Waals surface area contributed by atoms with Gasteiger partial charge >= 0.3 is 0 Å². The lowest BCUT2D eigenvalue weighted by atomic mass is 10.0. The number of piperazine rings is 1. The van der Waals surface area contributed by atoms with Crippen LogP contribution < -0.4 is 4.90 Å². The van der Waals surface area contributed by atoms with Crippen molar-refractivity contribution in [3.63, 3.8) is 0 Å². The van der Waals surface area contributed by atoms with Crippen molar-refractivity contribution in [2.45, 2.75) is 6.92 Å². The van der Waals surface area contributed by atoms with E-state index in [2.05, 4.69) is 11.8 Å². The molecule has 1 fully saturated rings. The van der Waals surface area contributed by atoms with Crippen LogP contribution in [0.2, 0.25) is 10.0 Å². The second-order valence-electron chi connectivity index (χ2n) is 8.29. The normalized spacial score (nSPS) is 14.0. The van der Waals surface area contributed by atoms with Crippen LogP contribution >= 0.6 is 23.2 Å². The largest absolute Gasteiger partial charge is 0.368 e. The van der Waals surface area contributed by atoms with Crippen molar-refractivity contribution in [3.05, 3.63) is 94.0 Å². The summed E-state index contributed by atoms with van der Waals surface area (Å²) in [5, 5.41) is 2.27. The first-order chi connectivity index (χ1) is 16.0. The molecule has 3 aromatic carbocycles. The quantitative estimate of drug-likeness (QED) is 0.340. The summed E-state index contributed by atoms with van der Waals surface area (Å²) in [7, 11) is 0. The van der Waals surface area contributed by atoms with Gasteiger partial charge in [0, 0.05) is 52.9 Å². The number of nitrogens with zero attached hydrogens (tertiary/aromatic N) is 3. The lowest BCUT2D eigenvalue weighted by Crippen LogP contribution is -2.49. The van der Waals surface area contributed by atoms with E-state index < -0.39 is 0 Å². The van der Waals surface area contributed by atoms with Crippen molar-refractivity contribution in [1.29, 1.82) is 0 Å². The van der Waals surface area contributed by atoms with Gasteiger partial charge in [0.25, 0.3) is 5.91 Å². The Morgan fingerprint density at radius 3 is 2.30 bits per heavy atom. The average molecular weight is 476 g/mol. The minimum atomic E-state index is 0.0336. The molecule has 0 atom stereocenters. The molecular formula is C27H23Cl2N3O. The van der Waals surface area contributed by atoms with Crippen LogP contribution in [-0.2, 0) is 0 Å². The fourth-order valence-electron chi connectivity index (χ4n) is 4.36.